The largest absolute Gasteiger partial charge is 0.497 e. The van der Waals surface area contributed by atoms with Gasteiger partial charge in [0.25, 0.3) is 11.5 Å². The summed E-state index contributed by atoms with van der Waals surface area (Å²) in [6, 6.07) is 27.2. The number of nitrogens with zero attached hydrogens (tertiary/aromatic N) is 3. The van der Waals surface area contributed by atoms with Crippen molar-refractivity contribution in [2.45, 2.75) is 19.4 Å². The number of hydrogen-bond donors (Lipinski definition) is 0. The van der Waals surface area contributed by atoms with E-state index in [0.29, 0.717) is 41.1 Å². The van der Waals surface area contributed by atoms with E-state index in [1.807, 2.05) is 67.6 Å². The number of aromatic nitrogens is 2. The highest BCUT2D eigenvalue weighted by Crippen LogP contribution is 2.26. The van der Waals surface area contributed by atoms with Crippen LogP contribution in [0.5, 0.6) is 5.75 Å². The lowest BCUT2D eigenvalue weighted by Crippen LogP contribution is -2.38. The summed E-state index contributed by atoms with van der Waals surface area (Å²) in [5.41, 5.74) is 2.11. The van der Waals surface area contributed by atoms with Gasteiger partial charge in [-0.25, -0.2) is 4.98 Å². The number of para-hydroxylation sites is 1. The molecule has 0 spiro atoms. The zero-order chi connectivity index (χ0) is 25.8. The Labute approximate surface area is 214 Å². The first-order valence-electron chi connectivity index (χ1n) is 12.1. The second-order valence-corrected chi connectivity index (χ2v) is 8.71. The van der Waals surface area contributed by atoms with Crippen molar-refractivity contribution in [3.63, 3.8) is 0 Å². The van der Waals surface area contributed by atoms with E-state index >= 15 is 0 Å². The van der Waals surface area contributed by atoms with E-state index in [1.165, 1.54) is 6.26 Å². The fourth-order valence-electron chi connectivity index (χ4n) is 4.46. The molecule has 0 N–H and O–H groups in total. The predicted octanol–water partition coefficient (Wildman–Crippen LogP) is 5.43. The Bertz CT molecular complexity index is 1560. The average molecular weight is 494 g/mol. The van der Waals surface area contributed by atoms with Crippen molar-refractivity contribution in [3.8, 4) is 11.4 Å². The van der Waals surface area contributed by atoms with Gasteiger partial charge in [-0.15, -0.1) is 0 Å². The minimum atomic E-state index is -0.541. The lowest BCUT2D eigenvalue weighted by Gasteiger charge is -2.30. The van der Waals surface area contributed by atoms with Crippen molar-refractivity contribution in [1.29, 1.82) is 0 Å². The van der Waals surface area contributed by atoms with Gasteiger partial charge in [-0.3, -0.25) is 14.2 Å². The number of fused-ring (bicyclic) bond motifs is 1. The van der Waals surface area contributed by atoms with E-state index in [9.17, 15) is 9.59 Å². The van der Waals surface area contributed by atoms with Gasteiger partial charge in [-0.1, -0.05) is 42.5 Å². The number of rotatable bonds is 8. The molecule has 0 fully saturated rings. The average Bonchev–Trinajstić information content (AvgIpc) is 3.49. The third-order valence-corrected chi connectivity index (χ3v) is 6.45. The van der Waals surface area contributed by atoms with Crippen molar-refractivity contribution in [3.05, 3.63) is 125 Å². The van der Waals surface area contributed by atoms with Gasteiger partial charge in [0.15, 0.2) is 5.76 Å². The first-order valence-corrected chi connectivity index (χ1v) is 12.1. The number of ether oxygens (including phenoxy) is 1. The van der Waals surface area contributed by atoms with Crippen LogP contribution in [-0.2, 0) is 6.42 Å². The van der Waals surface area contributed by atoms with Crippen LogP contribution in [0.4, 0.5) is 0 Å². The monoisotopic (exact) mass is 493 g/mol. The maximum atomic E-state index is 13.8. The molecule has 5 rings (SSSR count). The molecule has 0 saturated carbocycles. The quantitative estimate of drug-likeness (QED) is 0.288. The molecule has 0 saturated heterocycles. The molecule has 37 heavy (non-hydrogen) atoms. The molecule has 0 aliphatic rings. The lowest BCUT2D eigenvalue weighted by atomic mass is 10.1. The van der Waals surface area contributed by atoms with E-state index in [2.05, 4.69) is 0 Å². The van der Waals surface area contributed by atoms with Gasteiger partial charge in [0, 0.05) is 6.54 Å². The highest BCUT2D eigenvalue weighted by Gasteiger charge is 2.29. The molecule has 7 heteroatoms. The van der Waals surface area contributed by atoms with E-state index in [0.717, 1.165) is 5.56 Å². The Balaban J connectivity index is 1.63. The van der Waals surface area contributed by atoms with Crippen molar-refractivity contribution in [2.75, 3.05) is 13.7 Å². The highest BCUT2D eigenvalue weighted by molar-refractivity contribution is 5.91. The Hall–Kier alpha value is -4.65. The molecule has 1 amide bonds. The van der Waals surface area contributed by atoms with Crippen molar-refractivity contribution in [1.82, 2.24) is 14.5 Å². The Morgan fingerprint density at radius 3 is 2.41 bits per heavy atom. The molecule has 3 aromatic carbocycles. The van der Waals surface area contributed by atoms with Crippen LogP contribution < -0.4 is 10.3 Å². The van der Waals surface area contributed by atoms with Gasteiger partial charge in [0.2, 0.25) is 0 Å². The second kappa shape index (κ2) is 10.5. The molecule has 1 unspecified atom stereocenters. The summed E-state index contributed by atoms with van der Waals surface area (Å²) in [6.45, 7) is 2.30. The maximum Gasteiger partial charge on any atom is 0.290 e. The Kier molecular flexibility index (Phi) is 6.85. The number of furan rings is 1. The number of methoxy groups -OCH3 is 1. The van der Waals surface area contributed by atoms with Crippen LogP contribution in [0.15, 0.2) is 106 Å². The molecule has 1 atom stereocenters. The number of amides is 1. The molecule has 5 aromatic rings. The van der Waals surface area contributed by atoms with Gasteiger partial charge in [0.05, 0.1) is 36.0 Å². The van der Waals surface area contributed by atoms with Crippen LogP contribution in [0.3, 0.4) is 0 Å². The molecular weight excluding hydrogens is 466 g/mol. The summed E-state index contributed by atoms with van der Waals surface area (Å²) in [6.07, 6.45) is 2.12. The zero-order valence-corrected chi connectivity index (χ0v) is 20.7. The summed E-state index contributed by atoms with van der Waals surface area (Å²) in [5, 5.41) is 0.502. The molecular formula is C30H27N3O4. The van der Waals surface area contributed by atoms with E-state index in [4.69, 9.17) is 14.1 Å². The summed E-state index contributed by atoms with van der Waals surface area (Å²) in [4.78, 5) is 34.0. The van der Waals surface area contributed by atoms with E-state index in [1.54, 1.807) is 46.9 Å². The molecule has 7 nitrogen and oxygen atoms in total. The van der Waals surface area contributed by atoms with Gasteiger partial charge in [0.1, 0.15) is 11.6 Å². The van der Waals surface area contributed by atoms with Gasteiger partial charge >= 0.3 is 0 Å². The summed E-state index contributed by atoms with van der Waals surface area (Å²) >= 11 is 0. The fraction of sp³-hybridized carbons (Fsp3) is 0.167. The van der Waals surface area contributed by atoms with Crippen LogP contribution in [-0.4, -0.2) is 34.0 Å². The van der Waals surface area contributed by atoms with Crippen molar-refractivity contribution < 1.29 is 13.9 Å². The number of carbonyl (C=O) groups is 1. The summed E-state index contributed by atoms with van der Waals surface area (Å²) in [5.74, 6) is 1.11. The van der Waals surface area contributed by atoms with Crippen molar-refractivity contribution >= 4 is 16.8 Å². The van der Waals surface area contributed by atoms with Gasteiger partial charge < -0.3 is 14.1 Å². The van der Waals surface area contributed by atoms with Crippen molar-refractivity contribution in [2.24, 2.45) is 0 Å². The van der Waals surface area contributed by atoms with E-state index < -0.39 is 6.04 Å². The van der Waals surface area contributed by atoms with Crippen LogP contribution >= 0.6 is 0 Å². The van der Waals surface area contributed by atoms with Crippen LogP contribution in [0.1, 0.15) is 34.9 Å². The first-order chi connectivity index (χ1) is 18.1. The third-order valence-electron chi connectivity index (χ3n) is 6.45. The third kappa shape index (κ3) is 4.89. The topological polar surface area (TPSA) is 77.6 Å². The normalized spacial score (nSPS) is 11.8. The van der Waals surface area contributed by atoms with Gasteiger partial charge in [-0.2, -0.15) is 0 Å². The predicted molar refractivity (Wildman–Crippen MR) is 142 cm³/mol. The van der Waals surface area contributed by atoms with Crippen LogP contribution in [0.2, 0.25) is 0 Å². The smallest absolute Gasteiger partial charge is 0.290 e. The molecule has 0 aliphatic carbocycles. The second-order valence-electron chi connectivity index (χ2n) is 8.71. The fourth-order valence-corrected chi connectivity index (χ4v) is 4.46. The summed E-state index contributed by atoms with van der Waals surface area (Å²) in [7, 11) is 1.59. The standard InChI is InChI=1S/C30H27N3O4/c1-21(32(30(35)27-13-8-20-37-27)19-18-22-9-4-3-5-10-22)28-31-26-12-7-6-11-25(26)29(34)33(28)23-14-16-24(36-2)17-15-23/h3-17,20-21H,18-19H2,1-2H3. The van der Waals surface area contributed by atoms with Crippen LogP contribution in [0.25, 0.3) is 16.6 Å². The Morgan fingerprint density at radius 2 is 1.70 bits per heavy atom. The minimum Gasteiger partial charge on any atom is -0.497 e. The molecule has 2 heterocycles. The van der Waals surface area contributed by atoms with Gasteiger partial charge in [-0.05, 0) is 67.4 Å². The molecule has 2 aromatic heterocycles. The minimum absolute atomic E-state index is 0.203. The SMILES string of the molecule is COc1ccc(-n2c(C(C)N(CCc3ccccc3)C(=O)c3ccco3)nc3ccccc3c2=O)cc1. The molecule has 0 radical (unpaired) electrons. The number of hydrogen-bond acceptors (Lipinski definition) is 5. The van der Waals surface area contributed by atoms with E-state index in [-0.39, 0.29) is 17.2 Å². The maximum absolute atomic E-state index is 13.8. The molecule has 0 aliphatic heterocycles. The molecule has 0 bridgehead atoms. The number of benzene rings is 3. The first kappa shape index (κ1) is 24.1. The zero-order valence-electron chi connectivity index (χ0n) is 20.7. The number of carbonyl (C=O) groups excluding carboxylic acids is 1. The van der Waals surface area contributed by atoms with Crippen LogP contribution in [0, 0.1) is 0 Å². The highest BCUT2D eigenvalue weighted by atomic mass is 16.5. The molecule has 186 valence electrons. The Morgan fingerprint density at radius 1 is 0.973 bits per heavy atom. The summed E-state index contributed by atoms with van der Waals surface area (Å²) < 4.78 is 12.3. The lowest BCUT2D eigenvalue weighted by molar-refractivity contribution is 0.0651.